The Hall–Kier alpha value is 5.83. The number of hydrogen-bond acceptors (Lipinski definition) is 0. The van der Waals surface area contributed by atoms with Gasteiger partial charge in [-0.25, -0.2) is 0 Å². The minimum absolute atomic E-state index is 0. The first kappa shape index (κ1) is 40.8. The smallest absolute Gasteiger partial charge is 1.00 e. The summed E-state index contributed by atoms with van der Waals surface area (Å²) in [6.07, 6.45) is 0. The molecule has 0 rings (SSSR count). The van der Waals surface area contributed by atoms with Gasteiger partial charge in [0.1, 0.15) is 0 Å². The van der Waals surface area contributed by atoms with Gasteiger partial charge in [0, 0.05) is 0 Å². The van der Waals surface area contributed by atoms with E-state index in [-0.39, 0.29) is 182 Å². The average molecular weight is 466 g/mol. The summed E-state index contributed by atoms with van der Waals surface area (Å²) in [6.45, 7) is 0. The molecule has 0 heterocycles. The Morgan fingerprint density at radius 1 is 0.500 bits per heavy atom. The molecule has 0 aromatic carbocycles. The van der Waals surface area contributed by atoms with Crippen LogP contribution in [0.5, 0.6) is 0 Å². The second-order valence-corrected chi connectivity index (χ2v) is 0. The van der Waals surface area contributed by atoms with Crippen LogP contribution in [0.25, 0.3) is 0 Å². The topological polar surface area (TPSA) is 0 Å². The molecule has 6 heavy (non-hydrogen) atoms. The Kier molecular flexibility index (Phi) is 210. The Morgan fingerprint density at radius 2 is 0.500 bits per heavy atom. The molecule has 0 radical (unpaired) electrons. The van der Waals surface area contributed by atoms with Gasteiger partial charge < -0.3 is 71.9 Å². The molecule has 6 heteroatoms. The van der Waals surface area contributed by atoms with Crippen LogP contribution >= 0.6 is 0 Å². The van der Waals surface area contributed by atoms with Crippen LogP contribution in [0.1, 0.15) is 0 Å². The van der Waals surface area contributed by atoms with E-state index >= 15 is 0 Å². The van der Waals surface area contributed by atoms with Crippen LogP contribution in [0.4, 0.5) is 0 Å². The molecule has 0 fully saturated rings. The molecule has 0 nitrogen and oxygen atoms in total. The molecule has 0 aliphatic carbocycles. The molecule has 0 saturated carbocycles. The Labute approximate surface area is 177 Å². The van der Waals surface area contributed by atoms with E-state index in [2.05, 4.69) is 0 Å². The molecule has 0 spiro atoms. The molecule has 0 aliphatic heterocycles. The van der Waals surface area contributed by atoms with E-state index in [0.29, 0.717) is 0 Å². The van der Waals surface area contributed by atoms with Crippen molar-refractivity contribution in [2.75, 3.05) is 0 Å². The average Bonchev–Trinajstić information content (AvgIpc) is 0. The molecule has 0 aromatic heterocycles. The van der Waals surface area contributed by atoms with E-state index in [0.717, 1.165) is 0 Å². The molecular formula is I3KNa2. The first-order chi connectivity index (χ1) is 0. The van der Waals surface area contributed by atoms with Gasteiger partial charge in [-0.15, -0.1) is 0 Å². The summed E-state index contributed by atoms with van der Waals surface area (Å²) in [6, 6.07) is 0. The Bertz CT molecular complexity index is 8.75. The summed E-state index contributed by atoms with van der Waals surface area (Å²) < 4.78 is 0. The van der Waals surface area contributed by atoms with Crippen LogP contribution in [0.3, 0.4) is 0 Å². The number of hydrogen-bond donors (Lipinski definition) is 0. The van der Waals surface area contributed by atoms with E-state index in [4.69, 9.17) is 0 Å². The Balaban J connectivity index is 0. The summed E-state index contributed by atoms with van der Waals surface area (Å²) in [5.74, 6) is 0. The van der Waals surface area contributed by atoms with Crippen LogP contribution in [-0.2, 0) is 0 Å². The largest absolute Gasteiger partial charge is 1.00 e. The molecule has 0 bridgehead atoms. The fraction of sp³-hybridized carbons (Fsp3) is 0. The van der Waals surface area contributed by atoms with Crippen LogP contribution in [-0.4, -0.2) is 0 Å². The summed E-state index contributed by atoms with van der Waals surface area (Å²) in [7, 11) is 0. The summed E-state index contributed by atoms with van der Waals surface area (Å²) in [4.78, 5) is 0. The number of halogens is 3. The van der Waals surface area contributed by atoms with Gasteiger partial charge >= 0.3 is 110 Å². The van der Waals surface area contributed by atoms with Crippen LogP contribution < -0.4 is 182 Å². The third kappa shape index (κ3) is 22.6. The van der Waals surface area contributed by atoms with Gasteiger partial charge in [-0.2, -0.15) is 0 Å². The monoisotopic (exact) mass is 466 g/mol. The van der Waals surface area contributed by atoms with Crippen molar-refractivity contribution >= 4 is 0 Å². The van der Waals surface area contributed by atoms with Crippen molar-refractivity contribution in [2.45, 2.75) is 0 Å². The van der Waals surface area contributed by atoms with Crippen molar-refractivity contribution < 1.29 is 182 Å². The molecular weight excluding hydrogens is 466 g/mol. The predicted octanol–water partition coefficient (Wildman–Crippen LogP) is -18.0. The maximum absolute atomic E-state index is 0. The molecule has 0 amide bonds. The van der Waals surface area contributed by atoms with Gasteiger partial charge in [0.2, 0.25) is 0 Å². The van der Waals surface area contributed by atoms with E-state index < -0.39 is 0 Å². The maximum atomic E-state index is 0. The van der Waals surface area contributed by atoms with E-state index in [9.17, 15) is 0 Å². The van der Waals surface area contributed by atoms with Gasteiger partial charge in [-0.3, -0.25) is 0 Å². The minimum atomic E-state index is 0. The third-order valence-electron chi connectivity index (χ3n) is 0. The van der Waals surface area contributed by atoms with Gasteiger partial charge in [-0.05, 0) is 0 Å². The molecule has 0 aromatic rings. The molecule has 0 aliphatic rings. The van der Waals surface area contributed by atoms with Gasteiger partial charge in [0.05, 0.1) is 0 Å². The standard InChI is InChI=1S/3HI.K.2Na/h3*1H;;;/q;;;3*+1/p-3. The maximum Gasteiger partial charge on any atom is 1.00 e. The van der Waals surface area contributed by atoms with Crippen LogP contribution in [0.2, 0.25) is 0 Å². The summed E-state index contributed by atoms with van der Waals surface area (Å²) in [5.41, 5.74) is 0. The van der Waals surface area contributed by atoms with Crippen LogP contribution in [0, 0.1) is 0 Å². The van der Waals surface area contributed by atoms with Crippen molar-refractivity contribution in [2.24, 2.45) is 0 Å². The number of rotatable bonds is 0. The van der Waals surface area contributed by atoms with E-state index in [1.165, 1.54) is 0 Å². The fourth-order valence-corrected chi connectivity index (χ4v) is 0. The normalized spacial score (nSPS) is 0. The minimum Gasteiger partial charge on any atom is -1.00 e. The van der Waals surface area contributed by atoms with Crippen LogP contribution in [0.15, 0.2) is 0 Å². The first-order valence-electron chi connectivity index (χ1n) is 0. The molecule has 0 N–H and O–H groups in total. The predicted molar refractivity (Wildman–Crippen MR) is 0 cm³/mol. The molecule has 0 saturated heterocycles. The van der Waals surface area contributed by atoms with Crippen molar-refractivity contribution in [3.8, 4) is 0 Å². The van der Waals surface area contributed by atoms with Gasteiger partial charge in [0.25, 0.3) is 0 Å². The van der Waals surface area contributed by atoms with Crippen molar-refractivity contribution in [3.05, 3.63) is 0 Å². The molecule has 0 atom stereocenters. The van der Waals surface area contributed by atoms with E-state index in [1.54, 1.807) is 0 Å². The second kappa shape index (κ2) is 30.8. The second-order valence-electron chi connectivity index (χ2n) is 0. The van der Waals surface area contributed by atoms with Gasteiger partial charge in [-0.1, -0.05) is 0 Å². The molecule has 24 valence electrons. The quantitative estimate of drug-likeness (QED) is 0.246. The zero-order chi connectivity index (χ0) is 0. The molecule has 0 unspecified atom stereocenters. The van der Waals surface area contributed by atoms with Crippen molar-refractivity contribution in [3.63, 3.8) is 0 Å². The zero-order valence-electron chi connectivity index (χ0n) is 4.13. The SMILES string of the molecule is [I-].[I-].[I-].[K+].[Na+].[Na+]. The van der Waals surface area contributed by atoms with Crippen molar-refractivity contribution in [1.29, 1.82) is 0 Å². The first-order valence-corrected chi connectivity index (χ1v) is 0. The van der Waals surface area contributed by atoms with Gasteiger partial charge in [0.15, 0.2) is 0 Å². The third-order valence-corrected chi connectivity index (χ3v) is 0. The fourth-order valence-electron chi connectivity index (χ4n) is 0. The zero-order valence-corrected chi connectivity index (χ0v) is 17.7. The Morgan fingerprint density at radius 3 is 0.500 bits per heavy atom. The summed E-state index contributed by atoms with van der Waals surface area (Å²) in [5, 5.41) is 0. The van der Waals surface area contributed by atoms with Crippen molar-refractivity contribution in [1.82, 2.24) is 0 Å². The summed E-state index contributed by atoms with van der Waals surface area (Å²) >= 11 is 0. The van der Waals surface area contributed by atoms with E-state index in [1.807, 2.05) is 0 Å².